The van der Waals surface area contributed by atoms with Crippen molar-refractivity contribution in [1.29, 1.82) is 0 Å². The Hall–Kier alpha value is -2.41. The lowest BCUT2D eigenvalue weighted by molar-refractivity contribution is -0.140. The van der Waals surface area contributed by atoms with E-state index in [0.29, 0.717) is 39.0 Å². The molecule has 1 aromatic carbocycles. The number of ether oxygens (including phenoxy) is 1. The highest BCUT2D eigenvalue weighted by Gasteiger charge is 2.36. The number of carbonyl (C=O) groups excluding carboxylic acids is 2. The van der Waals surface area contributed by atoms with E-state index in [1.165, 1.54) is 0 Å². The number of rotatable bonds is 6. The van der Waals surface area contributed by atoms with Crippen molar-refractivity contribution >= 4 is 23.5 Å². The van der Waals surface area contributed by atoms with Crippen molar-refractivity contribution < 1.29 is 24.2 Å². The molecule has 1 fully saturated rings. The number of fused-ring (bicyclic) bond motifs is 1. The highest BCUT2D eigenvalue weighted by molar-refractivity contribution is 5.97. The van der Waals surface area contributed by atoms with Crippen LogP contribution in [-0.4, -0.2) is 48.2 Å². The van der Waals surface area contributed by atoms with Crippen LogP contribution in [0.15, 0.2) is 24.3 Å². The van der Waals surface area contributed by atoms with E-state index in [2.05, 4.69) is 5.32 Å². The molecule has 1 saturated heterocycles. The number of aliphatic carboxylic acids is 1. The number of amides is 2. The number of anilines is 1. The molecule has 0 radical (unpaired) electrons. The summed E-state index contributed by atoms with van der Waals surface area (Å²) in [5.74, 6) is -1.15. The van der Waals surface area contributed by atoms with Crippen molar-refractivity contribution in [3.63, 3.8) is 0 Å². The molecule has 2 aliphatic heterocycles. The Kier molecular flexibility index (Phi) is 5.56. The molecule has 1 aromatic rings. The quantitative estimate of drug-likeness (QED) is 0.801. The Morgan fingerprint density at radius 1 is 1.19 bits per heavy atom. The van der Waals surface area contributed by atoms with Crippen molar-refractivity contribution in [3.8, 4) is 0 Å². The third-order valence-corrected chi connectivity index (χ3v) is 5.10. The van der Waals surface area contributed by atoms with Crippen LogP contribution in [0.4, 0.5) is 5.69 Å². The summed E-state index contributed by atoms with van der Waals surface area (Å²) in [4.78, 5) is 37.6. The van der Waals surface area contributed by atoms with E-state index in [1.807, 2.05) is 24.3 Å². The molecule has 0 unspecified atom stereocenters. The zero-order chi connectivity index (χ0) is 18.6. The number of carboxylic acids is 1. The monoisotopic (exact) mass is 360 g/mol. The number of para-hydroxylation sites is 1. The largest absolute Gasteiger partial charge is 0.481 e. The van der Waals surface area contributed by atoms with Gasteiger partial charge in [-0.2, -0.15) is 0 Å². The molecule has 0 spiro atoms. The van der Waals surface area contributed by atoms with Crippen LogP contribution in [0, 0.1) is 0 Å². The van der Waals surface area contributed by atoms with Gasteiger partial charge in [-0.1, -0.05) is 18.2 Å². The van der Waals surface area contributed by atoms with Crippen LogP contribution in [0.2, 0.25) is 0 Å². The zero-order valence-corrected chi connectivity index (χ0v) is 14.7. The van der Waals surface area contributed by atoms with Gasteiger partial charge in [0.05, 0.1) is 12.0 Å². The minimum Gasteiger partial charge on any atom is -0.481 e. The molecule has 2 N–H and O–H groups in total. The van der Waals surface area contributed by atoms with Gasteiger partial charge in [-0.25, -0.2) is 0 Å². The maximum Gasteiger partial charge on any atom is 0.305 e. The molecule has 140 valence electrons. The second kappa shape index (κ2) is 7.86. The van der Waals surface area contributed by atoms with E-state index < -0.39 is 11.5 Å². The number of carbonyl (C=O) groups is 3. The van der Waals surface area contributed by atoms with Crippen LogP contribution in [0.25, 0.3) is 0 Å². The molecular weight excluding hydrogens is 336 g/mol. The lowest BCUT2D eigenvalue weighted by Gasteiger charge is -2.37. The van der Waals surface area contributed by atoms with E-state index in [0.717, 1.165) is 17.7 Å². The molecule has 2 aliphatic rings. The first-order chi connectivity index (χ1) is 12.5. The van der Waals surface area contributed by atoms with Gasteiger partial charge in [0.1, 0.15) is 0 Å². The molecule has 2 amide bonds. The summed E-state index contributed by atoms with van der Waals surface area (Å²) in [6, 6.07) is 7.72. The second-order valence-electron chi connectivity index (χ2n) is 6.94. The Labute approximate surface area is 152 Å². The van der Waals surface area contributed by atoms with Crippen molar-refractivity contribution in [2.75, 3.05) is 24.7 Å². The van der Waals surface area contributed by atoms with Gasteiger partial charge in [0.15, 0.2) is 0 Å². The van der Waals surface area contributed by atoms with Gasteiger partial charge < -0.3 is 20.1 Å². The molecule has 2 heterocycles. The summed E-state index contributed by atoms with van der Waals surface area (Å²) in [7, 11) is 0. The first-order valence-electron chi connectivity index (χ1n) is 8.98. The normalized spacial score (nSPS) is 18.9. The molecule has 3 rings (SSSR count). The summed E-state index contributed by atoms with van der Waals surface area (Å²) in [5, 5.41) is 12.1. The molecule has 26 heavy (non-hydrogen) atoms. The lowest BCUT2D eigenvalue weighted by Crippen LogP contribution is -2.53. The number of nitrogens with zero attached hydrogens (tertiary/aromatic N) is 1. The fourth-order valence-electron chi connectivity index (χ4n) is 3.71. The highest BCUT2D eigenvalue weighted by atomic mass is 16.5. The third-order valence-electron chi connectivity index (χ3n) is 5.10. The van der Waals surface area contributed by atoms with Crippen molar-refractivity contribution in [2.45, 2.75) is 44.1 Å². The first kappa shape index (κ1) is 18.4. The predicted molar refractivity (Wildman–Crippen MR) is 94.9 cm³/mol. The lowest BCUT2D eigenvalue weighted by atomic mass is 9.86. The maximum atomic E-state index is 12.5. The summed E-state index contributed by atoms with van der Waals surface area (Å²) >= 11 is 0. The topological polar surface area (TPSA) is 95.9 Å². The van der Waals surface area contributed by atoms with Crippen molar-refractivity contribution in [2.24, 2.45) is 0 Å². The van der Waals surface area contributed by atoms with Crippen LogP contribution in [0.3, 0.4) is 0 Å². The Morgan fingerprint density at radius 3 is 2.65 bits per heavy atom. The fourth-order valence-corrected chi connectivity index (χ4v) is 3.71. The molecule has 7 nitrogen and oxygen atoms in total. The smallest absolute Gasteiger partial charge is 0.305 e. The minimum absolute atomic E-state index is 0.0165. The van der Waals surface area contributed by atoms with Crippen LogP contribution >= 0.6 is 0 Å². The average molecular weight is 360 g/mol. The number of nitrogens with one attached hydrogen (secondary N) is 1. The second-order valence-corrected chi connectivity index (χ2v) is 6.94. The van der Waals surface area contributed by atoms with Crippen LogP contribution in [-0.2, 0) is 25.5 Å². The minimum atomic E-state index is -0.938. The molecule has 0 saturated carbocycles. The average Bonchev–Trinajstić information content (AvgIpc) is 2.61. The summed E-state index contributed by atoms with van der Waals surface area (Å²) < 4.78 is 5.30. The SMILES string of the molecule is O=C(O)CC1(NC(=O)CCN2C(=O)CCc3ccccc32)CCOCC1. The molecule has 0 aliphatic carbocycles. The van der Waals surface area contributed by atoms with Gasteiger partial charge in [0.25, 0.3) is 0 Å². The Balaban J connectivity index is 1.63. The molecular formula is C19H24N2O5. The maximum absolute atomic E-state index is 12.5. The molecule has 0 bridgehead atoms. The molecule has 7 heteroatoms. The van der Waals surface area contributed by atoms with Gasteiger partial charge in [-0.05, 0) is 30.9 Å². The summed E-state index contributed by atoms with van der Waals surface area (Å²) in [5.41, 5.74) is 1.22. The van der Waals surface area contributed by atoms with Gasteiger partial charge in [-0.15, -0.1) is 0 Å². The standard InChI is InChI=1S/C19H24N2O5/c22-16(20-19(13-18(24)25)8-11-26-12-9-19)7-10-21-15-4-2-1-3-14(15)5-6-17(21)23/h1-4H,5-13H2,(H,20,22)(H,24,25). The Bertz CT molecular complexity index is 697. The fraction of sp³-hybridized carbons (Fsp3) is 0.526. The van der Waals surface area contributed by atoms with Gasteiger partial charge >= 0.3 is 5.97 Å². The van der Waals surface area contributed by atoms with E-state index in [-0.39, 0.29) is 24.7 Å². The number of benzene rings is 1. The van der Waals surface area contributed by atoms with Crippen LogP contribution in [0.5, 0.6) is 0 Å². The van der Waals surface area contributed by atoms with Gasteiger partial charge in [0, 0.05) is 38.3 Å². The van der Waals surface area contributed by atoms with Crippen molar-refractivity contribution in [3.05, 3.63) is 29.8 Å². The summed E-state index contributed by atoms with van der Waals surface area (Å²) in [6.45, 7) is 1.17. The number of hydrogen-bond acceptors (Lipinski definition) is 4. The van der Waals surface area contributed by atoms with E-state index in [1.54, 1.807) is 4.90 Å². The van der Waals surface area contributed by atoms with Crippen LogP contribution < -0.4 is 10.2 Å². The third kappa shape index (κ3) is 4.22. The zero-order valence-electron chi connectivity index (χ0n) is 14.7. The van der Waals surface area contributed by atoms with E-state index in [4.69, 9.17) is 4.74 Å². The predicted octanol–water partition coefficient (Wildman–Crippen LogP) is 1.50. The molecule has 0 aromatic heterocycles. The number of carboxylic acid groups (broad SMARTS) is 1. The van der Waals surface area contributed by atoms with Gasteiger partial charge in [0.2, 0.25) is 11.8 Å². The first-order valence-corrected chi connectivity index (χ1v) is 8.98. The van der Waals surface area contributed by atoms with E-state index >= 15 is 0 Å². The van der Waals surface area contributed by atoms with Crippen LogP contribution in [0.1, 0.15) is 37.7 Å². The molecule has 0 atom stereocenters. The summed E-state index contributed by atoms with van der Waals surface area (Å²) in [6.07, 6.45) is 2.15. The number of aryl methyl sites for hydroxylation is 1. The van der Waals surface area contributed by atoms with E-state index in [9.17, 15) is 19.5 Å². The highest BCUT2D eigenvalue weighted by Crippen LogP contribution is 2.28. The van der Waals surface area contributed by atoms with Gasteiger partial charge in [-0.3, -0.25) is 14.4 Å². The van der Waals surface area contributed by atoms with Crippen molar-refractivity contribution in [1.82, 2.24) is 5.32 Å². The number of hydrogen-bond donors (Lipinski definition) is 2. The Morgan fingerprint density at radius 2 is 1.92 bits per heavy atom.